The Morgan fingerprint density at radius 1 is 1.53 bits per heavy atom. The number of anilines is 1. The van der Waals surface area contributed by atoms with Crippen molar-refractivity contribution in [1.82, 2.24) is 0 Å². The van der Waals surface area contributed by atoms with Gasteiger partial charge in [-0.1, -0.05) is 6.07 Å². The maximum absolute atomic E-state index is 10.9. The fourth-order valence-corrected chi connectivity index (χ4v) is 1.99. The van der Waals surface area contributed by atoms with E-state index < -0.39 is 0 Å². The second kappa shape index (κ2) is 4.03. The van der Waals surface area contributed by atoms with Gasteiger partial charge in [-0.15, -0.1) is 0 Å². The number of hydrogen-bond acceptors (Lipinski definition) is 3. The average molecular weight is 205 g/mol. The highest BCUT2D eigenvalue weighted by Gasteiger charge is 2.22. The maximum Gasteiger partial charge on any atom is 0.152 e. The van der Waals surface area contributed by atoms with Crippen LogP contribution in [0.15, 0.2) is 18.2 Å². The van der Waals surface area contributed by atoms with Gasteiger partial charge in [-0.2, -0.15) is 0 Å². The average Bonchev–Trinajstić information content (AvgIpc) is 2.65. The first-order chi connectivity index (χ1) is 7.20. The second-order valence-electron chi connectivity index (χ2n) is 4.07. The fraction of sp³-hybridized carbons (Fsp3) is 0.417. The summed E-state index contributed by atoms with van der Waals surface area (Å²) >= 11 is 0. The monoisotopic (exact) mass is 205 g/mol. The van der Waals surface area contributed by atoms with Crippen LogP contribution in [-0.2, 0) is 0 Å². The van der Waals surface area contributed by atoms with Crippen LogP contribution in [0.25, 0.3) is 0 Å². The number of carbonyl (C=O) groups excluding carboxylic acids is 1. The zero-order valence-electron chi connectivity index (χ0n) is 8.81. The summed E-state index contributed by atoms with van der Waals surface area (Å²) in [6.45, 7) is 3.46. The summed E-state index contributed by atoms with van der Waals surface area (Å²) in [5.74, 6) is 0. The minimum absolute atomic E-state index is 0.259. The van der Waals surface area contributed by atoms with E-state index in [0.29, 0.717) is 12.1 Å². The van der Waals surface area contributed by atoms with Gasteiger partial charge in [0.2, 0.25) is 0 Å². The molecule has 1 aromatic rings. The Labute approximate surface area is 89.3 Å². The third-order valence-corrected chi connectivity index (χ3v) is 2.82. The number of benzene rings is 1. The van der Waals surface area contributed by atoms with Gasteiger partial charge in [0.1, 0.15) is 0 Å². The number of hydrogen-bond donors (Lipinski definition) is 1. The fourth-order valence-electron chi connectivity index (χ4n) is 1.99. The van der Waals surface area contributed by atoms with Crippen molar-refractivity contribution >= 4 is 12.0 Å². The molecular formula is C12H15NO2. The van der Waals surface area contributed by atoms with Gasteiger partial charge >= 0.3 is 0 Å². The van der Waals surface area contributed by atoms with E-state index in [9.17, 15) is 9.90 Å². The van der Waals surface area contributed by atoms with Crippen molar-refractivity contribution in [3.05, 3.63) is 29.3 Å². The van der Waals surface area contributed by atoms with E-state index in [4.69, 9.17) is 0 Å². The van der Waals surface area contributed by atoms with Crippen molar-refractivity contribution in [2.45, 2.75) is 19.4 Å². The molecular weight excluding hydrogens is 190 g/mol. The highest BCUT2D eigenvalue weighted by Crippen LogP contribution is 2.24. The molecule has 0 saturated carbocycles. The molecule has 1 atom stereocenters. The topological polar surface area (TPSA) is 40.5 Å². The molecule has 2 rings (SSSR count). The van der Waals surface area contributed by atoms with Gasteiger partial charge in [0.25, 0.3) is 0 Å². The molecule has 15 heavy (non-hydrogen) atoms. The predicted octanol–water partition coefficient (Wildman–Crippen LogP) is 1.38. The lowest BCUT2D eigenvalue weighted by Crippen LogP contribution is -2.22. The molecule has 1 fully saturated rings. The van der Waals surface area contributed by atoms with E-state index in [1.54, 1.807) is 0 Å². The Hall–Kier alpha value is -1.35. The molecule has 1 N–H and O–H groups in total. The van der Waals surface area contributed by atoms with Gasteiger partial charge < -0.3 is 10.0 Å². The van der Waals surface area contributed by atoms with E-state index in [1.165, 1.54) is 0 Å². The van der Waals surface area contributed by atoms with Gasteiger partial charge in [-0.05, 0) is 31.0 Å². The predicted molar refractivity (Wildman–Crippen MR) is 59.4 cm³/mol. The molecule has 1 aromatic carbocycles. The highest BCUT2D eigenvalue weighted by atomic mass is 16.3. The molecule has 0 amide bonds. The lowest BCUT2D eigenvalue weighted by atomic mass is 10.1. The molecule has 0 aromatic heterocycles. The Morgan fingerprint density at radius 3 is 2.93 bits per heavy atom. The van der Waals surface area contributed by atoms with Crippen LogP contribution >= 0.6 is 0 Å². The molecule has 80 valence electrons. The normalized spacial score (nSPS) is 20.7. The molecule has 1 unspecified atom stereocenters. The number of aliphatic hydroxyl groups is 1. The van der Waals surface area contributed by atoms with Crippen LogP contribution in [-0.4, -0.2) is 30.6 Å². The van der Waals surface area contributed by atoms with Crippen LogP contribution in [0, 0.1) is 6.92 Å². The second-order valence-corrected chi connectivity index (χ2v) is 4.07. The van der Waals surface area contributed by atoms with Gasteiger partial charge in [0.15, 0.2) is 6.29 Å². The molecule has 0 aliphatic carbocycles. The molecule has 1 heterocycles. The summed E-state index contributed by atoms with van der Waals surface area (Å²) in [7, 11) is 0. The summed E-state index contributed by atoms with van der Waals surface area (Å²) in [4.78, 5) is 13.0. The number of aryl methyl sites for hydroxylation is 1. The number of aldehydes is 1. The van der Waals surface area contributed by atoms with Crippen molar-refractivity contribution in [3.8, 4) is 0 Å². The van der Waals surface area contributed by atoms with Crippen LogP contribution in [0.2, 0.25) is 0 Å². The standard InChI is InChI=1S/C12H15NO2/c1-9-2-3-10(8-14)12(6-9)13-5-4-11(15)7-13/h2-3,6,8,11,15H,4-5,7H2,1H3. The van der Waals surface area contributed by atoms with E-state index in [-0.39, 0.29) is 6.10 Å². The summed E-state index contributed by atoms with van der Waals surface area (Å²) in [5.41, 5.74) is 2.79. The minimum Gasteiger partial charge on any atom is -0.391 e. The zero-order valence-corrected chi connectivity index (χ0v) is 8.81. The third-order valence-electron chi connectivity index (χ3n) is 2.82. The first-order valence-electron chi connectivity index (χ1n) is 5.19. The Kier molecular flexibility index (Phi) is 2.73. The summed E-state index contributed by atoms with van der Waals surface area (Å²) in [6.07, 6.45) is 1.40. The zero-order chi connectivity index (χ0) is 10.8. The molecule has 0 bridgehead atoms. The first-order valence-corrected chi connectivity index (χ1v) is 5.19. The first kappa shape index (κ1) is 10.2. The SMILES string of the molecule is Cc1ccc(C=O)c(N2CCC(O)C2)c1. The van der Waals surface area contributed by atoms with Crippen molar-refractivity contribution in [2.24, 2.45) is 0 Å². The number of carbonyl (C=O) groups is 1. The molecule has 3 heteroatoms. The lowest BCUT2D eigenvalue weighted by Gasteiger charge is -2.20. The van der Waals surface area contributed by atoms with Gasteiger partial charge in [-0.3, -0.25) is 4.79 Å². The van der Waals surface area contributed by atoms with Gasteiger partial charge in [0, 0.05) is 24.3 Å². The van der Waals surface area contributed by atoms with Crippen LogP contribution in [0.1, 0.15) is 22.3 Å². The number of rotatable bonds is 2. The molecule has 1 saturated heterocycles. The summed E-state index contributed by atoms with van der Waals surface area (Å²) in [5, 5.41) is 9.46. The highest BCUT2D eigenvalue weighted by molar-refractivity contribution is 5.85. The number of β-amino-alcohol motifs (C(OH)–C–C–N with tert-alkyl or cyclic N) is 1. The van der Waals surface area contributed by atoms with Gasteiger partial charge in [0.05, 0.1) is 6.10 Å². The Balaban J connectivity index is 2.33. The van der Waals surface area contributed by atoms with Crippen LogP contribution in [0.5, 0.6) is 0 Å². The molecule has 1 aliphatic heterocycles. The van der Waals surface area contributed by atoms with E-state index >= 15 is 0 Å². The smallest absolute Gasteiger partial charge is 0.152 e. The third kappa shape index (κ3) is 2.02. The maximum atomic E-state index is 10.9. The van der Waals surface area contributed by atoms with Crippen molar-refractivity contribution in [3.63, 3.8) is 0 Å². The van der Waals surface area contributed by atoms with Crippen molar-refractivity contribution in [2.75, 3.05) is 18.0 Å². The summed E-state index contributed by atoms with van der Waals surface area (Å²) < 4.78 is 0. The van der Waals surface area contributed by atoms with Crippen LogP contribution in [0.3, 0.4) is 0 Å². The lowest BCUT2D eigenvalue weighted by molar-refractivity contribution is 0.112. The molecule has 0 radical (unpaired) electrons. The molecule has 0 spiro atoms. The molecule has 3 nitrogen and oxygen atoms in total. The van der Waals surface area contributed by atoms with Crippen LogP contribution in [0.4, 0.5) is 5.69 Å². The Morgan fingerprint density at radius 2 is 2.33 bits per heavy atom. The largest absolute Gasteiger partial charge is 0.391 e. The van der Waals surface area contributed by atoms with Crippen molar-refractivity contribution in [1.29, 1.82) is 0 Å². The minimum atomic E-state index is -0.259. The van der Waals surface area contributed by atoms with Gasteiger partial charge in [-0.25, -0.2) is 0 Å². The Bertz CT molecular complexity index is 376. The van der Waals surface area contributed by atoms with E-state index in [1.807, 2.05) is 25.1 Å². The van der Waals surface area contributed by atoms with Crippen LogP contribution < -0.4 is 4.90 Å². The number of aliphatic hydroxyl groups excluding tert-OH is 1. The summed E-state index contributed by atoms with van der Waals surface area (Å²) in [6, 6.07) is 5.77. The van der Waals surface area contributed by atoms with E-state index in [2.05, 4.69) is 4.90 Å². The number of nitrogens with zero attached hydrogens (tertiary/aromatic N) is 1. The quantitative estimate of drug-likeness (QED) is 0.741. The van der Waals surface area contributed by atoms with E-state index in [0.717, 1.165) is 30.5 Å². The molecule has 1 aliphatic rings. The van der Waals surface area contributed by atoms with Crippen molar-refractivity contribution < 1.29 is 9.90 Å².